The minimum absolute atomic E-state index is 0.411. The van der Waals surface area contributed by atoms with Gasteiger partial charge in [0.05, 0.1) is 19.8 Å². The maximum Gasteiger partial charge on any atom is 0.284 e. The predicted molar refractivity (Wildman–Crippen MR) is 60.8 cm³/mol. The van der Waals surface area contributed by atoms with E-state index in [2.05, 4.69) is 0 Å². The van der Waals surface area contributed by atoms with E-state index in [9.17, 15) is 5.21 Å². The van der Waals surface area contributed by atoms with Crippen LogP contribution in [0.4, 0.5) is 0 Å². The highest BCUT2D eigenvalue weighted by Crippen LogP contribution is 2.23. The summed E-state index contributed by atoms with van der Waals surface area (Å²) in [6, 6.07) is 0. The van der Waals surface area contributed by atoms with Gasteiger partial charge in [-0.1, -0.05) is 4.73 Å². The van der Waals surface area contributed by atoms with Crippen LogP contribution in [0.2, 0.25) is 0 Å². The lowest BCUT2D eigenvalue weighted by Gasteiger charge is -2.21. The van der Waals surface area contributed by atoms with Gasteiger partial charge < -0.3 is 14.7 Å². The van der Waals surface area contributed by atoms with Gasteiger partial charge in [-0.05, 0) is 13.3 Å². The Kier molecular flexibility index (Phi) is 3.40. The lowest BCUT2D eigenvalue weighted by atomic mass is 10.1. The second-order valence-corrected chi connectivity index (χ2v) is 4.76. The van der Waals surface area contributed by atoms with Crippen molar-refractivity contribution in [2.45, 2.75) is 45.9 Å². The Labute approximate surface area is 102 Å². The third-order valence-corrected chi connectivity index (χ3v) is 3.47. The van der Waals surface area contributed by atoms with Crippen molar-refractivity contribution in [3.63, 3.8) is 0 Å². The highest BCUT2D eigenvalue weighted by Gasteiger charge is 2.30. The summed E-state index contributed by atoms with van der Waals surface area (Å²) in [6.45, 7) is 8.13. The van der Waals surface area contributed by atoms with Crippen molar-refractivity contribution < 1.29 is 19.2 Å². The van der Waals surface area contributed by atoms with Gasteiger partial charge in [0.1, 0.15) is 5.69 Å². The quantitative estimate of drug-likeness (QED) is 0.636. The Bertz CT molecular complexity index is 395. The second-order valence-electron chi connectivity index (χ2n) is 4.76. The lowest BCUT2D eigenvalue weighted by molar-refractivity contribution is -0.704. The normalized spacial score (nSPS) is 18.8. The first-order valence-corrected chi connectivity index (χ1v) is 6.07. The fourth-order valence-electron chi connectivity index (χ4n) is 2.18. The molecule has 0 bridgehead atoms. The highest BCUT2D eigenvalue weighted by molar-refractivity contribution is 5.00. The summed E-state index contributed by atoms with van der Waals surface area (Å²) in [5, 5.41) is 9.53. The van der Waals surface area contributed by atoms with Crippen molar-refractivity contribution in [2.75, 3.05) is 13.2 Å². The summed E-state index contributed by atoms with van der Waals surface area (Å²) in [6.07, 6.45) is 3.55. The maximum absolute atomic E-state index is 9.53. The smallest absolute Gasteiger partial charge is 0.284 e. The highest BCUT2D eigenvalue weighted by atomic mass is 16.7. The van der Waals surface area contributed by atoms with Crippen molar-refractivity contribution in [1.82, 2.24) is 4.73 Å². The molecular weight excluding hydrogens is 220 g/mol. The van der Waals surface area contributed by atoms with Gasteiger partial charge in [0.15, 0.2) is 11.5 Å². The molecule has 1 aliphatic rings. The standard InChI is InChI=1S/C12H21N2O3/c1-10-11(2)14(15)9-13(10)6-4-5-12(3)16-7-8-17-12/h9,15H,4-8H2,1-3H3/q+1. The SMILES string of the molecule is Cc1c(C)[n+](CCCC2(C)OCCO2)cn1O. The Balaban J connectivity index is 1.87. The van der Waals surface area contributed by atoms with Crippen molar-refractivity contribution in [3.05, 3.63) is 17.7 Å². The molecule has 1 aliphatic heterocycles. The Morgan fingerprint density at radius 3 is 2.59 bits per heavy atom. The first-order chi connectivity index (χ1) is 8.02. The van der Waals surface area contributed by atoms with Gasteiger partial charge in [-0.2, -0.15) is 0 Å². The molecule has 96 valence electrons. The third-order valence-electron chi connectivity index (χ3n) is 3.47. The average Bonchev–Trinajstić information content (AvgIpc) is 2.81. The largest absolute Gasteiger partial charge is 0.350 e. The van der Waals surface area contributed by atoms with E-state index >= 15 is 0 Å². The monoisotopic (exact) mass is 241 g/mol. The number of hydrogen-bond acceptors (Lipinski definition) is 3. The van der Waals surface area contributed by atoms with E-state index in [1.807, 2.05) is 25.3 Å². The molecule has 2 rings (SSSR count). The van der Waals surface area contributed by atoms with Crippen LogP contribution in [-0.2, 0) is 16.0 Å². The van der Waals surface area contributed by atoms with Gasteiger partial charge in [0.25, 0.3) is 6.33 Å². The summed E-state index contributed by atoms with van der Waals surface area (Å²) in [5.41, 5.74) is 1.97. The van der Waals surface area contributed by atoms with E-state index < -0.39 is 5.79 Å². The summed E-state index contributed by atoms with van der Waals surface area (Å²) in [4.78, 5) is 0. The number of rotatable bonds is 4. The molecule has 1 aromatic rings. The van der Waals surface area contributed by atoms with E-state index in [0.717, 1.165) is 30.8 Å². The number of imidazole rings is 1. The number of hydrogen-bond donors (Lipinski definition) is 1. The summed E-state index contributed by atoms with van der Waals surface area (Å²) >= 11 is 0. The van der Waals surface area contributed by atoms with Gasteiger partial charge in [0, 0.05) is 20.3 Å². The molecular formula is C12H21N2O3+. The predicted octanol–water partition coefficient (Wildman–Crippen LogP) is 1.17. The average molecular weight is 241 g/mol. The van der Waals surface area contributed by atoms with Crippen LogP contribution in [0, 0.1) is 13.8 Å². The number of aryl methyl sites for hydroxylation is 1. The van der Waals surface area contributed by atoms with Crippen molar-refractivity contribution >= 4 is 0 Å². The van der Waals surface area contributed by atoms with Crippen LogP contribution < -0.4 is 4.57 Å². The summed E-state index contributed by atoms with van der Waals surface area (Å²) in [5.74, 6) is -0.411. The minimum atomic E-state index is -0.411. The molecule has 2 heterocycles. The molecule has 1 fully saturated rings. The molecule has 5 heteroatoms. The molecule has 0 saturated carbocycles. The van der Waals surface area contributed by atoms with Gasteiger partial charge in [-0.25, -0.2) is 4.57 Å². The maximum atomic E-state index is 9.53. The van der Waals surface area contributed by atoms with Crippen molar-refractivity contribution in [1.29, 1.82) is 0 Å². The van der Waals surface area contributed by atoms with E-state index in [1.165, 1.54) is 4.73 Å². The van der Waals surface area contributed by atoms with Gasteiger partial charge >= 0.3 is 0 Å². The van der Waals surface area contributed by atoms with Crippen LogP contribution in [0.25, 0.3) is 0 Å². The molecule has 0 unspecified atom stereocenters. The van der Waals surface area contributed by atoms with Crippen LogP contribution in [0.1, 0.15) is 31.2 Å². The van der Waals surface area contributed by atoms with Crippen LogP contribution >= 0.6 is 0 Å². The van der Waals surface area contributed by atoms with Gasteiger partial charge in [-0.3, -0.25) is 0 Å². The van der Waals surface area contributed by atoms with Crippen LogP contribution in [-0.4, -0.2) is 28.9 Å². The zero-order valence-corrected chi connectivity index (χ0v) is 10.8. The molecule has 5 nitrogen and oxygen atoms in total. The van der Waals surface area contributed by atoms with E-state index in [4.69, 9.17) is 9.47 Å². The zero-order valence-electron chi connectivity index (χ0n) is 10.8. The molecule has 0 radical (unpaired) electrons. The van der Waals surface area contributed by atoms with Crippen molar-refractivity contribution in [3.8, 4) is 0 Å². The second kappa shape index (κ2) is 4.66. The number of nitrogens with zero attached hydrogens (tertiary/aromatic N) is 2. The molecule has 1 saturated heterocycles. The first-order valence-electron chi connectivity index (χ1n) is 6.07. The van der Waals surface area contributed by atoms with Gasteiger partial charge in [-0.15, -0.1) is 0 Å². The summed E-state index contributed by atoms with van der Waals surface area (Å²) in [7, 11) is 0. The van der Waals surface area contributed by atoms with E-state index in [1.54, 1.807) is 6.33 Å². The molecule has 0 aliphatic carbocycles. The zero-order chi connectivity index (χ0) is 12.5. The Morgan fingerprint density at radius 1 is 1.41 bits per heavy atom. The molecule has 0 aromatic carbocycles. The molecule has 0 spiro atoms. The number of aromatic nitrogens is 2. The first kappa shape index (κ1) is 12.4. The van der Waals surface area contributed by atoms with E-state index in [-0.39, 0.29) is 0 Å². The summed E-state index contributed by atoms with van der Waals surface area (Å²) < 4.78 is 14.3. The molecule has 0 amide bonds. The molecule has 1 N–H and O–H groups in total. The Hall–Kier alpha value is -1.07. The fourth-order valence-corrected chi connectivity index (χ4v) is 2.18. The van der Waals surface area contributed by atoms with Gasteiger partial charge in [0.2, 0.25) is 0 Å². The molecule has 0 atom stereocenters. The molecule has 1 aromatic heterocycles. The Morgan fingerprint density at radius 2 is 2.06 bits per heavy atom. The minimum Gasteiger partial charge on any atom is -0.350 e. The van der Waals surface area contributed by atoms with Crippen LogP contribution in [0.3, 0.4) is 0 Å². The lowest BCUT2D eigenvalue weighted by Crippen LogP contribution is -2.36. The molecule has 17 heavy (non-hydrogen) atoms. The van der Waals surface area contributed by atoms with Crippen LogP contribution in [0.5, 0.6) is 0 Å². The fraction of sp³-hybridized carbons (Fsp3) is 0.750. The van der Waals surface area contributed by atoms with Crippen LogP contribution in [0.15, 0.2) is 6.33 Å². The topological polar surface area (TPSA) is 47.5 Å². The van der Waals surface area contributed by atoms with Crippen molar-refractivity contribution in [2.24, 2.45) is 0 Å². The van der Waals surface area contributed by atoms with E-state index in [0.29, 0.717) is 13.2 Å². The third kappa shape index (κ3) is 2.61. The number of ether oxygens (including phenoxy) is 2.